The predicted octanol–water partition coefficient (Wildman–Crippen LogP) is 1.96. The van der Waals surface area contributed by atoms with Crippen molar-refractivity contribution in [3.05, 3.63) is 12.2 Å². The lowest BCUT2D eigenvalue weighted by Crippen LogP contribution is -2.48. The Hall–Kier alpha value is -1.56. The molecule has 0 aliphatic carbocycles. The molecule has 1 heterocycles. The SMILES string of the molecule is C=C(C)CN(CC)C(=O)N1CCC(OCCC(=O)O)CC1. The summed E-state index contributed by atoms with van der Waals surface area (Å²) in [5.41, 5.74) is 0.970. The van der Waals surface area contributed by atoms with Crippen LogP contribution in [0.2, 0.25) is 0 Å². The summed E-state index contributed by atoms with van der Waals surface area (Å²) >= 11 is 0. The lowest BCUT2D eigenvalue weighted by molar-refractivity contribution is -0.138. The zero-order valence-electron chi connectivity index (χ0n) is 13.0. The standard InChI is InChI=1S/C15H26N2O4/c1-4-16(11-12(2)3)15(20)17-8-5-13(6-9-17)21-10-7-14(18)19/h13H,2,4-11H2,1,3H3,(H,18,19). The fourth-order valence-corrected chi connectivity index (χ4v) is 2.37. The summed E-state index contributed by atoms with van der Waals surface area (Å²) in [5.74, 6) is -0.846. The van der Waals surface area contributed by atoms with E-state index >= 15 is 0 Å². The minimum atomic E-state index is -0.846. The topological polar surface area (TPSA) is 70.1 Å². The molecule has 0 aromatic carbocycles. The molecule has 1 N–H and O–H groups in total. The fraction of sp³-hybridized carbons (Fsp3) is 0.733. The number of ether oxygens (including phenoxy) is 1. The zero-order valence-corrected chi connectivity index (χ0v) is 13.0. The van der Waals surface area contributed by atoms with Crippen molar-refractivity contribution in [3.8, 4) is 0 Å². The Morgan fingerprint density at radius 2 is 2.00 bits per heavy atom. The van der Waals surface area contributed by atoms with Gasteiger partial charge in [-0.1, -0.05) is 12.2 Å². The van der Waals surface area contributed by atoms with Gasteiger partial charge in [-0.15, -0.1) is 0 Å². The predicted molar refractivity (Wildman–Crippen MR) is 80.3 cm³/mol. The number of aliphatic carboxylic acids is 1. The van der Waals surface area contributed by atoms with E-state index in [1.54, 1.807) is 4.90 Å². The van der Waals surface area contributed by atoms with Gasteiger partial charge < -0.3 is 19.6 Å². The van der Waals surface area contributed by atoms with E-state index in [1.165, 1.54) is 0 Å². The molecule has 120 valence electrons. The first-order chi connectivity index (χ1) is 9.93. The van der Waals surface area contributed by atoms with E-state index < -0.39 is 5.97 Å². The van der Waals surface area contributed by atoms with Crippen LogP contribution in [-0.2, 0) is 9.53 Å². The number of carboxylic acids is 1. The highest BCUT2D eigenvalue weighted by Gasteiger charge is 2.26. The molecule has 6 heteroatoms. The van der Waals surface area contributed by atoms with Crippen LogP contribution in [0, 0.1) is 0 Å². The Labute approximate surface area is 126 Å². The van der Waals surface area contributed by atoms with Gasteiger partial charge in [-0.3, -0.25) is 4.79 Å². The Bertz CT molecular complexity index is 376. The number of nitrogens with zero attached hydrogens (tertiary/aromatic N) is 2. The van der Waals surface area contributed by atoms with Crippen molar-refractivity contribution < 1.29 is 19.4 Å². The highest BCUT2D eigenvalue weighted by atomic mass is 16.5. The summed E-state index contributed by atoms with van der Waals surface area (Å²) < 4.78 is 5.53. The van der Waals surface area contributed by atoms with Gasteiger partial charge in [-0.25, -0.2) is 4.79 Å². The highest BCUT2D eigenvalue weighted by molar-refractivity contribution is 5.74. The molecule has 0 spiro atoms. The number of hydrogen-bond donors (Lipinski definition) is 1. The van der Waals surface area contributed by atoms with Gasteiger partial charge in [0, 0.05) is 26.2 Å². The van der Waals surface area contributed by atoms with Crippen molar-refractivity contribution in [1.82, 2.24) is 9.80 Å². The van der Waals surface area contributed by atoms with Crippen LogP contribution in [0.1, 0.15) is 33.1 Å². The third kappa shape index (κ3) is 6.16. The number of carboxylic acid groups (broad SMARTS) is 1. The molecule has 0 unspecified atom stereocenters. The van der Waals surface area contributed by atoms with Crippen LogP contribution >= 0.6 is 0 Å². The first kappa shape index (κ1) is 17.5. The third-order valence-corrected chi connectivity index (χ3v) is 3.50. The molecule has 0 aromatic heterocycles. The largest absolute Gasteiger partial charge is 0.481 e. The maximum absolute atomic E-state index is 12.4. The molecule has 0 atom stereocenters. The van der Waals surface area contributed by atoms with Gasteiger partial charge in [0.05, 0.1) is 19.1 Å². The second-order valence-corrected chi connectivity index (χ2v) is 5.45. The monoisotopic (exact) mass is 298 g/mol. The maximum Gasteiger partial charge on any atom is 0.320 e. The van der Waals surface area contributed by atoms with Crippen LogP contribution < -0.4 is 0 Å². The molecular weight excluding hydrogens is 272 g/mol. The first-order valence-electron chi connectivity index (χ1n) is 7.45. The number of likely N-dealkylation sites (tertiary alicyclic amines) is 1. The van der Waals surface area contributed by atoms with Crippen molar-refractivity contribution in [2.45, 2.75) is 39.2 Å². The summed E-state index contributed by atoms with van der Waals surface area (Å²) in [4.78, 5) is 26.4. The molecule has 0 saturated carbocycles. The summed E-state index contributed by atoms with van der Waals surface area (Å²) in [5, 5.41) is 8.57. The molecular formula is C15H26N2O4. The smallest absolute Gasteiger partial charge is 0.320 e. The number of rotatable bonds is 7. The number of piperidine rings is 1. The average molecular weight is 298 g/mol. The zero-order chi connectivity index (χ0) is 15.8. The summed E-state index contributed by atoms with van der Waals surface area (Å²) in [6.07, 6.45) is 1.61. The van der Waals surface area contributed by atoms with Crippen LogP contribution in [0.15, 0.2) is 12.2 Å². The van der Waals surface area contributed by atoms with Gasteiger partial charge in [0.15, 0.2) is 0 Å². The van der Waals surface area contributed by atoms with E-state index in [2.05, 4.69) is 6.58 Å². The van der Waals surface area contributed by atoms with E-state index in [-0.39, 0.29) is 25.2 Å². The van der Waals surface area contributed by atoms with Crippen LogP contribution in [0.5, 0.6) is 0 Å². The van der Waals surface area contributed by atoms with E-state index in [1.807, 2.05) is 18.7 Å². The molecule has 1 saturated heterocycles. The number of carbonyl (C=O) groups excluding carboxylic acids is 1. The molecule has 6 nitrogen and oxygen atoms in total. The first-order valence-corrected chi connectivity index (χ1v) is 7.45. The molecule has 1 aliphatic heterocycles. The van der Waals surface area contributed by atoms with E-state index in [0.29, 0.717) is 26.2 Å². The normalized spacial score (nSPS) is 15.8. The summed E-state index contributed by atoms with van der Waals surface area (Å²) in [6.45, 7) is 10.5. The van der Waals surface area contributed by atoms with Gasteiger partial charge in [0.2, 0.25) is 0 Å². The molecule has 0 bridgehead atoms. The Kier molecular flexibility index (Phi) is 7.22. The van der Waals surface area contributed by atoms with Crippen molar-refractivity contribution in [2.24, 2.45) is 0 Å². The van der Waals surface area contributed by atoms with Crippen molar-refractivity contribution in [1.29, 1.82) is 0 Å². The Morgan fingerprint density at radius 1 is 1.38 bits per heavy atom. The molecule has 1 aliphatic rings. The molecule has 1 fully saturated rings. The van der Waals surface area contributed by atoms with Crippen molar-refractivity contribution in [2.75, 3.05) is 32.8 Å². The van der Waals surface area contributed by atoms with Gasteiger partial charge in [0.1, 0.15) is 0 Å². The Morgan fingerprint density at radius 3 is 2.48 bits per heavy atom. The van der Waals surface area contributed by atoms with Crippen LogP contribution in [-0.4, -0.2) is 65.8 Å². The number of urea groups is 1. The lowest BCUT2D eigenvalue weighted by atomic mass is 10.1. The van der Waals surface area contributed by atoms with Crippen LogP contribution in [0.3, 0.4) is 0 Å². The number of amides is 2. The Balaban J connectivity index is 2.35. The van der Waals surface area contributed by atoms with Crippen molar-refractivity contribution in [3.63, 3.8) is 0 Å². The summed E-state index contributed by atoms with van der Waals surface area (Å²) in [6, 6.07) is 0.0458. The molecule has 0 radical (unpaired) electrons. The highest BCUT2D eigenvalue weighted by Crippen LogP contribution is 2.16. The molecule has 1 rings (SSSR count). The quantitative estimate of drug-likeness (QED) is 0.729. The van der Waals surface area contributed by atoms with Gasteiger partial charge >= 0.3 is 12.0 Å². The van der Waals surface area contributed by atoms with E-state index in [0.717, 1.165) is 18.4 Å². The van der Waals surface area contributed by atoms with Gasteiger partial charge in [-0.2, -0.15) is 0 Å². The average Bonchev–Trinajstić information content (AvgIpc) is 2.44. The third-order valence-electron chi connectivity index (χ3n) is 3.50. The number of likely N-dealkylation sites (N-methyl/N-ethyl adjacent to an activating group) is 1. The fourth-order valence-electron chi connectivity index (χ4n) is 2.37. The number of hydrogen-bond acceptors (Lipinski definition) is 3. The van der Waals surface area contributed by atoms with Gasteiger partial charge in [0.25, 0.3) is 0 Å². The second-order valence-electron chi connectivity index (χ2n) is 5.45. The molecule has 0 aromatic rings. The van der Waals surface area contributed by atoms with Crippen molar-refractivity contribution >= 4 is 12.0 Å². The second kappa shape index (κ2) is 8.67. The van der Waals surface area contributed by atoms with Gasteiger partial charge in [-0.05, 0) is 26.7 Å². The van der Waals surface area contributed by atoms with Crippen LogP contribution in [0.25, 0.3) is 0 Å². The van der Waals surface area contributed by atoms with E-state index in [4.69, 9.17) is 9.84 Å². The van der Waals surface area contributed by atoms with Crippen LogP contribution in [0.4, 0.5) is 4.79 Å². The van der Waals surface area contributed by atoms with E-state index in [9.17, 15) is 9.59 Å². The minimum absolute atomic E-state index is 0.0291. The lowest BCUT2D eigenvalue weighted by Gasteiger charge is -2.35. The maximum atomic E-state index is 12.4. The molecule has 21 heavy (non-hydrogen) atoms. The molecule has 2 amide bonds. The number of carbonyl (C=O) groups is 2. The minimum Gasteiger partial charge on any atom is -0.481 e. The summed E-state index contributed by atoms with van der Waals surface area (Å²) in [7, 11) is 0.